The van der Waals surface area contributed by atoms with Crippen LogP contribution in [0.3, 0.4) is 0 Å². The predicted molar refractivity (Wildman–Crippen MR) is 61.8 cm³/mol. The van der Waals surface area contributed by atoms with E-state index in [2.05, 4.69) is 31.3 Å². The minimum Gasteiger partial charge on any atom is -0.393 e. The standard InChI is InChI=1S/C11H19NOS/c1-8(13)6-7-12-10(3)11-5-4-9(2)14-11/h4-5,8,10,12-13H,6-7H2,1-3H3/t8-,10-/m0/s1. The van der Waals surface area contributed by atoms with E-state index in [0.29, 0.717) is 6.04 Å². The Kier molecular flexibility index (Phi) is 4.58. The van der Waals surface area contributed by atoms with E-state index in [1.807, 2.05) is 18.3 Å². The van der Waals surface area contributed by atoms with E-state index < -0.39 is 0 Å². The second kappa shape index (κ2) is 5.49. The van der Waals surface area contributed by atoms with Gasteiger partial charge in [-0.1, -0.05) is 0 Å². The van der Waals surface area contributed by atoms with E-state index in [-0.39, 0.29) is 6.10 Å². The Morgan fingerprint density at radius 3 is 2.64 bits per heavy atom. The van der Waals surface area contributed by atoms with Crippen molar-refractivity contribution in [3.63, 3.8) is 0 Å². The van der Waals surface area contributed by atoms with Crippen molar-refractivity contribution in [3.05, 3.63) is 21.9 Å². The summed E-state index contributed by atoms with van der Waals surface area (Å²) in [7, 11) is 0. The van der Waals surface area contributed by atoms with Gasteiger partial charge in [0.25, 0.3) is 0 Å². The Balaban J connectivity index is 2.32. The quantitative estimate of drug-likeness (QED) is 0.787. The van der Waals surface area contributed by atoms with Crippen LogP contribution < -0.4 is 5.32 Å². The molecule has 1 heterocycles. The van der Waals surface area contributed by atoms with Gasteiger partial charge in [-0.25, -0.2) is 0 Å². The zero-order valence-electron chi connectivity index (χ0n) is 9.08. The first kappa shape index (κ1) is 11.7. The van der Waals surface area contributed by atoms with Gasteiger partial charge in [-0.3, -0.25) is 0 Å². The summed E-state index contributed by atoms with van der Waals surface area (Å²) in [6.07, 6.45) is 0.606. The summed E-state index contributed by atoms with van der Waals surface area (Å²) in [6, 6.07) is 4.71. The summed E-state index contributed by atoms with van der Waals surface area (Å²) in [4.78, 5) is 2.72. The van der Waals surface area contributed by atoms with Crippen molar-refractivity contribution in [2.24, 2.45) is 0 Å². The average molecular weight is 213 g/mol. The summed E-state index contributed by atoms with van der Waals surface area (Å²) >= 11 is 1.83. The van der Waals surface area contributed by atoms with Crippen LogP contribution in [-0.2, 0) is 0 Å². The smallest absolute Gasteiger partial charge is 0.0524 e. The van der Waals surface area contributed by atoms with Crippen molar-refractivity contribution < 1.29 is 5.11 Å². The van der Waals surface area contributed by atoms with Crippen LogP contribution in [0.1, 0.15) is 36.1 Å². The third-order valence-electron chi connectivity index (χ3n) is 2.20. The van der Waals surface area contributed by atoms with Crippen molar-refractivity contribution in [2.75, 3.05) is 6.54 Å². The van der Waals surface area contributed by atoms with E-state index in [0.717, 1.165) is 13.0 Å². The number of hydrogen-bond donors (Lipinski definition) is 2. The van der Waals surface area contributed by atoms with E-state index in [1.54, 1.807) is 0 Å². The molecule has 0 amide bonds. The van der Waals surface area contributed by atoms with Gasteiger partial charge in [-0.2, -0.15) is 0 Å². The summed E-state index contributed by atoms with van der Waals surface area (Å²) in [5.41, 5.74) is 0. The molecule has 80 valence electrons. The molecule has 2 nitrogen and oxygen atoms in total. The lowest BCUT2D eigenvalue weighted by atomic mass is 10.2. The minimum atomic E-state index is -0.209. The fourth-order valence-corrected chi connectivity index (χ4v) is 2.20. The molecule has 0 saturated carbocycles. The molecule has 0 unspecified atom stereocenters. The van der Waals surface area contributed by atoms with Crippen LogP contribution in [0.15, 0.2) is 12.1 Å². The fourth-order valence-electron chi connectivity index (χ4n) is 1.30. The summed E-state index contributed by atoms with van der Waals surface area (Å²) in [6.45, 7) is 6.97. The van der Waals surface area contributed by atoms with Gasteiger partial charge in [0, 0.05) is 15.8 Å². The first-order valence-electron chi connectivity index (χ1n) is 5.07. The lowest BCUT2D eigenvalue weighted by Gasteiger charge is -2.12. The molecule has 0 radical (unpaired) electrons. The summed E-state index contributed by atoms with van der Waals surface area (Å²) < 4.78 is 0. The van der Waals surface area contributed by atoms with Gasteiger partial charge in [-0.15, -0.1) is 11.3 Å². The topological polar surface area (TPSA) is 32.3 Å². The molecule has 0 aliphatic carbocycles. The molecule has 0 saturated heterocycles. The Morgan fingerprint density at radius 1 is 1.43 bits per heavy atom. The zero-order valence-corrected chi connectivity index (χ0v) is 9.90. The molecule has 2 atom stereocenters. The number of nitrogens with one attached hydrogen (secondary N) is 1. The first-order chi connectivity index (χ1) is 6.59. The molecule has 3 heteroatoms. The molecule has 1 aromatic heterocycles. The lowest BCUT2D eigenvalue weighted by molar-refractivity contribution is 0.182. The van der Waals surface area contributed by atoms with Crippen molar-refractivity contribution in [1.82, 2.24) is 5.32 Å². The number of aliphatic hydroxyl groups is 1. The zero-order chi connectivity index (χ0) is 10.6. The molecule has 0 aliphatic rings. The molecule has 14 heavy (non-hydrogen) atoms. The van der Waals surface area contributed by atoms with Crippen LogP contribution in [0.2, 0.25) is 0 Å². The first-order valence-corrected chi connectivity index (χ1v) is 5.89. The number of aliphatic hydroxyl groups excluding tert-OH is 1. The van der Waals surface area contributed by atoms with Crippen molar-refractivity contribution in [1.29, 1.82) is 0 Å². The second-order valence-electron chi connectivity index (χ2n) is 3.76. The van der Waals surface area contributed by atoms with Crippen molar-refractivity contribution in [2.45, 2.75) is 39.3 Å². The van der Waals surface area contributed by atoms with Gasteiger partial charge in [0.15, 0.2) is 0 Å². The number of hydrogen-bond acceptors (Lipinski definition) is 3. The molecule has 0 bridgehead atoms. The number of aryl methyl sites for hydroxylation is 1. The van der Waals surface area contributed by atoms with Crippen LogP contribution in [0.5, 0.6) is 0 Å². The molecule has 0 aliphatic heterocycles. The molecular weight excluding hydrogens is 194 g/mol. The van der Waals surface area contributed by atoms with Gasteiger partial charge < -0.3 is 10.4 Å². The highest BCUT2D eigenvalue weighted by atomic mass is 32.1. The van der Waals surface area contributed by atoms with Gasteiger partial charge >= 0.3 is 0 Å². The minimum absolute atomic E-state index is 0.209. The van der Waals surface area contributed by atoms with E-state index in [4.69, 9.17) is 5.11 Å². The number of rotatable bonds is 5. The summed E-state index contributed by atoms with van der Waals surface area (Å²) in [5.74, 6) is 0. The molecule has 0 spiro atoms. The molecule has 0 aromatic carbocycles. The Bertz CT molecular complexity index is 270. The van der Waals surface area contributed by atoms with Crippen LogP contribution >= 0.6 is 11.3 Å². The molecule has 2 N–H and O–H groups in total. The van der Waals surface area contributed by atoms with Gasteiger partial charge in [-0.05, 0) is 45.9 Å². The maximum Gasteiger partial charge on any atom is 0.0524 e. The predicted octanol–water partition coefficient (Wildman–Crippen LogP) is 2.48. The maximum absolute atomic E-state index is 9.10. The highest BCUT2D eigenvalue weighted by Gasteiger charge is 2.06. The van der Waals surface area contributed by atoms with E-state index in [9.17, 15) is 0 Å². The van der Waals surface area contributed by atoms with Gasteiger partial charge in [0.05, 0.1) is 6.10 Å². The second-order valence-corrected chi connectivity index (χ2v) is 5.08. The van der Waals surface area contributed by atoms with Crippen LogP contribution in [-0.4, -0.2) is 17.8 Å². The molecular formula is C11H19NOS. The van der Waals surface area contributed by atoms with E-state index in [1.165, 1.54) is 9.75 Å². The maximum atomic E-state index is 9.10. The molecule has 0 fully saturated rings. The SMILES string of the molecule is Cc1ccc([C@H](C)NCC[C@H](C)O)s1. The normalized spacial score (nSPS) is 15.4. The fraction of sp³-hybridized carbons (Fsp3) is 0.636. The van der Waals surface area contributed by atoms with Crippen LogP contribution in [0, 0.1) is 6.92 Å². The van der Waals surface area contributed by atoms with Gasteiger partial charge in [0.2, 0.25) is 0 Å². The summed E-state index contributed by atoms with van der Waals surface area (Å²) in [5, 5.41) is 12.5. The third kappa shape index (κ3) is 3.78. The van der Waals surface area contributed by atoms with Crippen molar-refractivity contribution in [3.8, 4) is 0 Å². The lowest BCUT2D eigenvalue weighted by Crippen LogP contribution is -2.21. The average Bonchev–Trinajstić information content (AvgIpc) is 2.51. The highest BCUT2D eigenvalue weighted by Crippen LogP contribution is 2.21. The van der Waals surface area contributed by atoms with Gasteiger partial charge in [0.1, 0.15) is 0 Å². The third-order valence-corrected chi connectivity index (χ3v) is 3.38. The number of thiophene rings is 1. The Labute approximate surface area is 90.0 Å². The highest BCUT2D eigenvalue weighted by molar-refractivity contribution is 7.12. The van der Waals surface area contributed by atoms with Crippen molar-refractivity contribution >= 4 is 11.3 Å². The van der Waals surface area contributed by atoms with E-state index >= 15 is 0 Å². The monoisotopic (exact) mass is 213 g/mol. The van der Waals surface area contributed by atoms with Crippen LogP contribution in [0.4, 0.5) is 0 Å². The Morgan fingerprint density at radius 2 is 2.14 bits per heavy atom. The molecule has 1 aromatic rings. The largest absolute Gasteiger partial charge is 0.393 e. The molecule has 1 rings (SSSR count). The Hall–Kier alpha value is -0.380. The van der Waals surface area contributed by atoms with Crippen LogP contribution in [0.25, 0.3) is 0 Å².